The molecule has 0 aromatic heterocycles. The number of carbonyl (C=O) groups is 2. The molecule has 2 N–H and O–H groups in total. The maximum Gasteiger partial charge on any atom is 0.249 e. The number of anilines is 1. The highest BCUT2D eigenvalue weighted by Gasteiger charge is 2.13. The van der Waals surface area contributed by atoms with Crippen molar-refractivity contribution in [3.05, 3.63) is 86.3 Å². The average molecular weight is 579 g/mol. The minimum Gasteiger partial charge on any atom is -0.490 e. The van der Waals surface area contributed by atoms with Crippen LogP contribution < -0.4 is 20.2 Å². The first-order chi connectivity index (χ1) is 16.9. The molecule has 0 spiro atoms. The minimum absolute atomic E-state index is 0.264. The van der Waals surface area contributed by atoms with Crippen LogP contribution in [0.4, 0.5) is 5.69 Å². The van der Waals surface area contributed by atoms with E-state index in [1.807, 2.05) is 25.1 Å². The fourth-order valence-electron chi connectivity index (χ4n) is 2.93. The third-order valence-corrected chi connectivity index (χ3v) is 5.72. The average Bonchev–Trinajstić information content (AvgIpc) is 2.81. The Hall–Kier alpha value is -3.07. The lowest BCUT2D eigenvalue weighted by Crippen LogP contribution is -2.24. The molecule has 2 amide bonds. The molecule has 0 aliphatic heterocycles. The Balaban J connectivity index is 1.60. The van der Waals surface area contributed by atoms with E-state index in [9.17, 15) is 9.59 Å². The van der Waals surface area contributed by atoms with Gasteiger partial charge in [0.25, 0.3) is 0 Å². The number of hydrogen-bond donors (Lipinski definition) is 2. The summed E-state index contributed by atoms with van der Waals surface area (Å²) in [6.07, 6.45) is 1.06. The third kappa shape index (κ3) is 8.28. The minimum atomic E-state index is -0.559. The zero-order valence-electron chi connectivity index (χ0n) is 18.7. The van der Waals surface area contributed by atoms with Gasteiger partial charge >= 0.3 is 0 Å². The summed E-state index contributed by atoms with van der Waals surface area (Å²) in [5.74, 6) is -0.00574. The fraction of sp³-hybridized carbons (Fsp3) is 0.160. The van der Waals surface area contributed by atoms with Crippen LogP contribution >= 0.6 is 39.1 Å². The third-order valence-electron chi connectivity index (χ3n) is 4.51. The van der Waals surface area contributed by atoms with E-state index in [-0.39, 0.29) is 13.0 Å². The highest BCUT2D eigenvalue weighted by Crippen LogP contribution is 2.37. The first-order valence-corrected chi connectivity index (χ1v) is 12.1. The van der Waals surface area contributed by atoms with Crippen LogP contribution in [0.1, 0.15) is 24.5 Å². The van der Waals surface area contributed by atoms with Crippen molar-refractivity contribution < 1.29 is 19.1 Å². The van der Waals surface area contributed by atoms with Crippen LogP contribution in [0.3, 0.4) is 0 Å². The van der Waals surface area contributed by atoms with Crippen LogP contribution in [0.15, 0.2) is 70.2 Å². The van der Waals surface area contributed by atoms with E-state index in [0.717, 1.165) is 5.56 Å². The number of hydrazone groups is 1. The normalized spacial score (nSPS) is 10.7. The van der Waals surface area contributed by atoms with Gasteiger partial charge in [-0.2, -0.15) is 5.10 Å². The molecule has 0 saturated carbocycles. The summed E-state index contributed by atoms with van der Waals surface area (Å²) in [5, 5.41) is 7.71. The largest absolute Gasteiger partial charge is 0.490 e. The molecule has 35 heavy (non-hydrogen) atoms. The Bertz CT molecular complexity index is 1220. The van der Waals surface area contributed by atoms with Gasteiger partial charge in [-0.3, -0.25) is 9.59 Å². The topological polar surface area (TPSA) is 89.0 Å². The first kappa shape index (κ1) is 26.5. The highest BCUT2D eigenvalue weighted by atomic mass is 79.9. The molecule has 0 bridgehead atoms. The van der Waals surface area contributed by atoms with E-state index in [1.165, 1.54) is 6.21 Å². The molecule has 0 fully saturated rings. The Morgan fingerprint density at radius 2 is 1.77 bits per heavy atom. The monoisotopic (exact) mass is 577 g/mol. The zero-order valence-corrected chi connectivity index (χ0v) is 21.8. The van der Waals surface area contributed by atoms with Gasteiger partial charge in [0.2, 0.25) is 11.8 Å². The van der Waals surface area contributed by atoms with Gasteiger partial charge in [0, 0.05) is 21.3 Å². The van der Waals surface area contributed by atoms with Crippen molar-refractivity contribution in [3.63, 3.8) is 0 Å². The van der Waals surface area contributed by atoms with Crippen LogP contribution in [0.25, 0.3) is 0 Å². The van der Waals surface area contributed by atoms with Crippen LogP contribution in [0, 0.1) is 0 Å². The lowest BCUT2D eigenvalue weighted by molar-refractivity contribution is -0.126. The van der Waals surface area contributed by atoms with Crippen LogP contribution in [0.2, 0.25) is 10.0 Å². The number of halogens is 3. The lowest BCUT2D eigenvalue weighted by Gasteiger charge is -2.15. The molecule has 3 aromatic rings. The SMILES string of the molecule is CCOc1cc(C=NNC(=O)CC(=O)Nc2ccc(Cl)cc2)cc(Br)c1OCc1ccccc1Cl. The molecular weight excluding hydrogens is 557 g/mol. The van der Waals surface area contributed by atoms with Gasteiger partial charge in [0.05, 0.1) is 17.3 Å². The summed E-state index contributed by atoms with van der Waals surface area (Å²) in [7, 11) is 0. The van der Waals surface area contributed by atoms with Gasteiger partial charge < -0.3 is 14.8 Å². The van der Waals surface area contributed by atoms with E-state index in [2.05, 4.69) is 31.8 Å². The predicted octanol–water partition coefficient (Wildman–Crippen LogP) is 6.21. The summed E-state index contributed by atoms with van der Waals surface area (Å²) in [5.41, 5.74) is 4.38. The second-order valence-corrected chi connectivity index (χ2v) is 8.87. The second-order valence-electron chi connectivity index (χ2n) is 7.17. The van der Waals surface area contributed by atoms with Crippen LogP contribution in [-0.2, 0) is 16.2 Å². The Kier molecular flexibility index (Phi) is 9.96. The quantitative estimate of drug-likeness (QED) is 0.170. The van der Waals surface area contributed by atoms with Crippen molar-refractivity contribution in [3.8, 4) is 11.5 Å². The Morgan fingerprint density at radius 3 is 2.49 bits per heavy atom. The van der Waals surface area contributed by atoms with E-state index < -0.39 is 11.8 Å². The lowest BCUT2D eigenvalue weighted by atomic mass is 10.2. The summed E-state index contributed by atoms with van der Waals surface area (Å²) >= 11 is 15.5. The molecule has 0 atom stereocenters. The molecule has 0 aliphatic carbocycles. The first-order valence-electron chi connectivity index (χ1n) is 10.6. The molecule has 0 radical (unpaired) electrons. The van der Waals surface area contributed by atoms with Crippen LogP contribution in [-0.4, -0.2) is 24.6 Å². The predicted molar refractivity (Wildman–Crippen MR) is 142 cm³/mol. The van der Waals surface area contributed by atoms with E-state index >= 15 is 0 Å². The smallest absolute Gasteiger partial charge is 0.249 e. The van der Waals surface area contributed by atoms with Crippen LogP contribution in [0.5, 0.6) is 11.5 Å². The van der Waals surface area contributed by atoms with Gasteiger partial charge in [0.1, 0.15) is 13.0 Å². The molecule has 3 rings (SSSR count). The van der Waals surface area contributed by atoms with E-state index in [0.29, 0.717) is 43.9 Å². The van der Waals surface area contributed by atoms with Crippen molar-refractivity contribution in [2.24, 2.45) is 5.10 Å². The van der Waals surface area contributed by atoms with Crippen molar-refractivity contribution in [1.29, 1.82) is 0 Å². The Labute approximate surface area is 221 Å². The molecule has 0 unspecified atom stereocenters. The molecule has 0 saturated heterocycles. The number of hydrogen-bond acceptors (Lipinski definition) is 5. The Morgan fingerprint density at radius 1 is 1.03 bits per heavy atom. The van der Waals surface area contributed by atoms with E-state index in [4.69, 9.17) is 32.7 Å². The standard InChI is InChI=1S/C25H22BrCl2N3O4/c1-2-34-22-12-16(11-20(26)25(22)35-15-17-5-3-4-6-21(17)28)14-29-31-24(33)13-23(32)30-19-9-7-18(27)8-10-19/h3-12,14H,2,13,15H2,1H3,(H,30,32)(H,31,33). The van der Waals surface area contributed by atoms with Gasteiger partial charge in [-0.05, 0) is 70.9 Å². The number of ether oxygens (including phenoxy) is 2. The van der Waals surface area contributed by atoms with Gasteiger partial charge in [0.15, 0.2) is 11.5 Å². The fourth-order valence-corrected chi connectivity index (χ4v) is 3.82. The molecule has 182 valence electrons. The maximum atomic E-state index is 12.1. The van der Waals surface area contributed by atoms with Gasteiger partial charge in [-0.25, -0.2) is 5.43 Å². The molecule has 3 aromatic carbocycles. The van der Waals surface area contributed by atoms with Gasteiger partial charge in [-0.15, -0.1) is 0 Å². The van der Waals surface area contributed by atoms with Crippen molar-refractivity contribution in [1.82, 2.24) is 5.43 Å². The summed E-state index contributed by atoms with van der Waals surface area (Å²) in [6.45, 7) is 2.55. The number of benzene rings is 3. The number of carbonyl (C=O) groups excluding carboxylic acids is 2. The molecular formula is C25H22BrCl2N3O4. The highest BCUT2D eigenvalue weighted by molar-refractivity contribution is 9.10. The number of nitrogens with zero attached hydrogens (tertiary/aromatic N) is 1. The molecule has 10 heteroatoms. The second kappa shape index (κ2) is 13.1. The van der Waals surface area contributed by atoms with Gasteiger partial charge in [-0.1, -0.05) is 41.4 Å². The summed E-state index contributed by atoms with van der Waals surface area (Å²) in [4.78, 5) is 24.1. The zero-order chi connectivity index (χ0) is 25.2. The van der Waals surface area contributed by atoms with E-state index in [1.54, 1.807) is 42.5 Å². The molecule has 7 nitrogen and oxygen atoms in total. The summed E-state index contributed by atoms with van der Waals surface area (Å²) in [6, 6.07) is 17.5. The van der Waals surface area contributed by atoms with Crippen molar-refractivity contribution in [2.75, 3.05) is 11.9 Å². The number of rotatable bonds is 10. The maximum absolute atomic E-state index is 12.1. The molecule has 0 heterocycles. The number of nitrogens with one attached hydrogen (secondary N) is 2. The van der Waals surface area contributed by atoms with Crippen molar-refractivity contribution in [2.45, 2.75) is 20.0 Å². The summed E-state index contributed by atoms with van der Waals surface area (Å²) < 4.78 is 12.3. The molecule has 0 aliphatic rings. The van der Waals surface area contributed by atoms with Crippen molar-refractivity contribution >= 4 is 62.8 Å². The number of amides is 2.